The number of carbonyl (C=O) groups excluding carboxylic acids is 1. The van der Waals surface area contributed by atoms with Gasteiger partial charge in [0.15, 0.2) is 0 Å². The fraction of sp³-hybridized carbons (Fsp3) is 0.0833. The first kappa shape index (κ1) is 19.3. The van der Waals surface area contributed by atoms with E-state index in [-0.39, 0.29) is 11.5 Å². The highest BCUT2D eigenvalue weighted by atomic mass is 16.2. The van der Waals surface area contributed by atoms with Crippen LogP contribution in [-0.4, -0.2) is 20.7 Å². The van der Waals surface area contributed by atoms with Gasteiger partial charge in [0.2, 0.25) is 5.91 Å². The van der Waals surface area contributed by atoms with Crippen LogP contribution in [0.1, 0.15) is 13.0 Å². The minimum atomic E-state index is -0.789. The van der Waals surface area contributed by atoms with E-state index in [4.69, 9.17) is 0 Å². The molecule has 0 spiro atoms. The number of benzene rings is 2. The van der Waals surface area contributed by atoms with E-state index in [1.165, 1.54) is 10.7 Å². The van der Waals surface area contributed by atoms with Crippen molar-refractivity contribution in [2.45, 2.75) is 13.0 Å². The molecule has 6 nitrogen and oxygen atoms in total. The van der Waals surface area contributed by atoms with E-state index in [0.29, 0.717) is 11.4 Å². The third kappa shape index (κ3) is 4.03. The third-order valence-electron chi connectivity index (χ3n) is 4.82. The van der Waals surface area contributed by atoms with Crippen LogP contribution in [-0.2, 0) is 4.79 Å². The van der Waals surface area contributed by atoms with E-state index in [1.54, 1.807) is 37.5 Å². The summed E-state index contributed by atoms with van der Waals surface area (Å²) < 4.78 is 1.20. The molecule has 0 aliphatic carbocycles. The molecule has 1 amide bonds. The molecule has 0 saturated carbocycles. The molecule has 4 rings (SSSR count). The van der Waals surface area contributed by atoms with E-state index < -0.39 is 6.04 Å². The summed E-state index contributed by atoms with van der Waals surface area (Å²) in [5.41, 5.74) is 3.66. The van der Waals surface area contributed by atoms with Crippen molar-refractivity contribution in [2.24, 2.45) is 0 Å². The molecule has 0 fully saturated rings. The number of amides is 1. The molecule has 1 atom stereocenters. The molecule has 30 heavy (non-hydrogen) atoms. The number of nitrogens with one attached hydrogen (secondary N) is 1. The fourth-order valence-corrected chi connectivity index (χ4v) is 3.19. The minimum absolute atomic E-state index is 0.320. The largest absolute Gasteiger partial charge is 0.324 e. The molecule has 1 unspecified atom stereocenters. The van der Waals surface area contributed by atoms with Gasteiger partial charge in [-0.15, -0.1) is 0 Å². The molecule has 0 saturated heterocycles. The van der Waals surface area contributed by atoms with Gasteiger partial charge in [0.05, 0.1) is 5.69 Å². The number of carbonyl (C=O) groups is 1. The number of para-hydroxylation sites is 1. The Morgan fingerprint density at radius 3 is 2.33 bits per heavy atom. The number of hydrogen-bond acceptors (Lipinski definition) is 4. The summed E-state index contributed by atoms with van der Waals surface area (Å²) in [6, 6.07) is 23.3. The maximum atomic E-state index is 13.0. The zero-order valence-corrected chi connectivity index (χ0v) is 16.4. The van der Waals surface area contributed by atoms with Crippen LogP contribution in [0, 0.1) is 0 Å². The minimum Gasteiger partial charge on any atom is -0.324 e. The first-order valence-electron chi connectivity index (χ1n) is 9.59. The number of anilines is 1. The second-order valence-electron chi connectivity index (χ2n) is 6.81. The summed E-state index contributed by atoms with van der Waals surface area (Å²) in [5, 5.41) is 7.35. The van der Waals surface area contributed by atoms with Gasteiger partial charge in [0, 0.05) is 35.3 Å². The van der Waals surface area contributed by atoms with Crippen LogP contribution in [0.4, 0.5) is 5.69 Å². The molecule has 0 bridgehead atoms. The molecule has 6 heteroatoms. The number of nitrogens with zero attached hydrogens (tertiary/aromatic N) is 3. The normalized spacial score (nSPS) is 11.6. The first-order valence-corrected chi connectivity index (χ1v) is 9.59. The average molecular weight is 396 g/mol. The molecule has 0 aliphatic rings. The Hall–Kier alpha value is -4.06. The molecular formula is C24H20N4O2. The van der Waals surface area contributed by atoms with E-state index in [9.17, 15) is 9.59 Å². The summed E-state index contributed by atoms with van der Waals surface area (Å²) in [4.78, 5) is 29.4. The van der Waals surface area contributed by atoms with Crippen LogP contribution >= 0.6 is 0 Å². The van der Waals surface area contributed by atoms with E-state index >= 15 is 0 Å². The topological polar surface area (TPSA) is 76.9 Å². The Bertz CT molecular complexity index is 1220. The number of aromatic nitrogens is 3. The Labute approximate surface area is 173 Å². The van der Waals surface area contributed by atoms with Crippen molar-refractivity contribution in [2.75, 3.05) is 5.32 Å². The smallest absolute Gasteiger partial charge is 0.267 e. The second-order valence-corrected chi connectivity index (χ2v) is 6.81. The molecule has 148 valence electrons. The van der Waals surface area contributed by atoms with Crippen LogP contribution in [0.5, 0.6) is 0 Å². The van der Waals surface area contributed by atoms with Crippen LogP contribution in [0.2, 0.25) is 0 Å². The van der Waals surface area contributed by atoms with Gasteiger partial charge < -0.3 is 5.32 Å². The second kappa shape index (κ2) is 8.53. The van der Waals surface area contributed by atoms with Gasteiger partial charge in [-0.2, -0.15) is 5.10 Å². The third-order valence-corrected chi connectivity index (χ3v) is 4.82. The Morgan fingerprint density at radius 1 is 0.867 bits per heavy atom. The van der Waals surface area contributed by atoms with Crippen molar-refractivity contribution in [3.63, 3.8) is 0 Å². The first-order chi connectivity index (χ1) is 14.6. The highest BCUT2D eigenvalue weighted by Crippen LogP contribution is 2.28. The summed E-state index contributed by atoms with van der Waals surface area (Å²) in [7, 11) is 0. The highest BCUT2D eigenvalue weighted by molar-refractivity contribution is 5.97. The molecule has 2 aromatic carbocycles. The fourth-order valence-electron chi connectivity index (χ4n) is 3.19. The van der Waals surface area contributed by atoms with E-state index in [2.05, 4.69) is 15.4 Å². The van der Waals surface area contributed by atoms with Crippen LogP contribution in [0.15, 0.2) is 96.1 Å². The summed E-state index contributed by atoms with van der Waals surface area (Å²) >= 11 is 0. The van der Waals surface area contributed by atoms with Crippen LogP contribution < -0.4 is 10.9 Å². The lowest BCUT2D eigenvalue weighted by atomic mass is 10.0. The highest BCUT2D eigenvalue weighted by Gasteiger charge is 2.19. The summed E-state index contributed by atoms with van der Waals surface area (Å²) in [6.45, 7) is 1.66. The predicted molar refractivity (Wildman–Crippen MR) is 117 cm³/mol. The molecule has 0 radical (unpaired) electrons. The van der Waals surface area contributed by atoms with Gasteiger partial charge in [0.25, 0.3) is 5.56 Å². The number of rotatable bonds is 5. The lowest BCUT2D eigenvalue weighted by molar-refractivity contribution is -0.119. The van der Waals surface area contributed by atoms with Gasteiger partial charge in [0.1, 0.15) is 6.04 Å². The SMILES string of the molecule is CC(C(=O)Nc1ccccc1-c1ccccc1)n1nc(-c2ccncc2)ccc1=O. The maximum absolute atomic E-state index is 13.0. The van der Waals surface area contributed by atoms with Crippen molar-refractivity contribution in [1.82, 2.24) is 14.8 Å². The Kier molecular flexibility index (Phi) is 5.48. The summed E-state index contributed by atoms with van der Waals surface area (Å²) in [6.07, 6.45) is 3.31. The van der Waals surface area contributed by atoms with Crippen molar-refractivity contribution in [3.05, 3.63) is 102 Å². The van der Waals surface area contributed by atoms with Crippen LogP contribution in [0.3, 0.4) is 0 Å². The Balaban J connectivity index is 1.62. The monoisotopic (exact) mass is 396 g/mol. The predicted octanol–water partition coefficient (Wildman–Crippen LogP) is 4.17. The zero-order valence-electron chi connectivity index (χ0n) is 16.4. The molecule has 0 aliphatic heterocycles. The molecular weight excluding hydrogens is 376 g/mol. The zero-order chi connectivity index (χ0) is 20.9. The van der Waals surface area contributed by atoms with Crippen molar-refractivity contribution in [3.8, 4) is 22.4 Å². The average Bonchev–Trinajstić information content (AvgIpc) is 2.80. The number of pyridine rings is 1. The van der Waals surface area contributed by atoms with Gasteiger partial charge >= 0.3 is 0 Å². The van der Waals surface area contributed by atoms with Crippen molar-refractivity contribution < 1.29 is 4.79 Å². The lowest BCUT2D eigenvalue weighted by Gasteiger charge is -2.17. The molecule has 2 aromatic heterocycles. The molecule has 2 heterocycles. The van der Waals surface area contributed by atoms with Gasteiger partial charge in [-0.1, -0.05) is 48.5 Å². The quantitative estimate of drug-likeness (QED) is 0.549. The van der Waals surface area contributed by atoms with Crippen molar-refractivity contribution >= 4 is 11.6 Å². The van der Waals surface area contributed by atoms with Crippen LogP contribution in [0.25, 0.3) is 22.4 Å². The Morgan fingerprint density at radius 2 is 1.57 bits per heavy atom. The standard InChI is InChI=1S/C24H20N4O2/c1-17(28-23(29)12-11-21(27-28)19-13-15-25-16-14-19)24(30)26-22-10-6-5-9-20(22)18-7-3-2-4-8-18/h2-17H,1H3,(H,26,30). The number of hydrogen-bond donors (Lipinski definition) is 1. The lowest BCUT2D eigenvalue weighted by Crippen LogP contribution is -2.33. The molecule has 4 aromatic rings. The van der Waals surface area contributed by atoms with E-state index in [0.717, 1.165) is 16.7 Å². The van der Waals surface area contributed by atoms with Gasteiger partial charge in [-0.05, 0) is 36.8 Å². The maximum Gasteiger partial charge on any atom is 0.267 e. The van der Waals surface area contributed by atoms with Crippen molar-refractivity contribution in [1.29, 1.82) is 0 Å². The van der Waals surface area contributed by atoms with E-state index in [1.807, 2.05) is 54.6 Å². The summed E-state index contributed by atoms with van der Waals surface area (Å²) in [5.74, 6) is -0.320. The molecule has 1 N–H and O–H groups in total. The van der Waals surface area contributed by atoms with Gasteiger partial charge in [-0.25, -0.2) is 4.68 Å². The van der Waals surface area contributed by atoms with Gasteiger partial charge in [-0.3, -0.25) is 14.6 Å².